The van der Waals surface area contributed by atoms with Gasteiger partial charge in [0, 0.05) is 10.6 Å². The Balaban J connectivity index is 1.61. The van der Waals surface area contributed by atoms with Gasteiger partial charge in [-0.2, -0.15) is 0 Å². The van der Waals surface area contributed by atoms with Crippen LogP contribution in [0.5, 0.6) is 0 Å². The summed E-state index contributed by atoms with van der Waals surface area (Å²) in [5.74, 6) is -0.0878. The van der Waals surface area contributed by atoms with Crippen molar-refractivity contribution in [3.63, 3.8) is 0 Å². The smallest absolute Gasteiger partial charge is 0.266 e. The van der Waals surface area contributed by atoms with Gasteiger partial charge in [0.25, 0.3) is 5.91 Å². The van der Waals surface area contributed by atoms with Gasteiger partial charge in [0.2, 0.25) is 0 Å². The van der Waals surface area contributed by atoms with E-state index in [1.807, 2.05) is 66.7 Å². The summed E-state index contributed by atoms with van der Waals surface area (Å²) in [6.07, 6.45) is 3.49. The molecule has 1 fully saturated rings. The Morgan fingerprint density at radius 2 is 1.96 bits per heavy atom. The average Bonchev–Trinajstić information content (AvgIpc) is 3.29. The molecule has 1 aliphatic heterocycles. The lowest BCUT2D eigenvalue weighted by Gasteiger charge is -2.14. The van der Waals surface area contributed by atoms with Crippen molar-refractivity contribution in [2.45, 2.75) is 16.5 Å². The third-order valence-electron chi connectivity index (χ3n) is 4.08. The first kappa shape index (κ1) is 18.9. The van der Waals surface area contributed by atoms with E-state index in [1.54, 1.807) is 11.2 Å². The molecule has 2 heterocycles. The fourth-order valence-electron chi connectivity index (χ4n) is 2.75. The molecule has 0 aliphatic carbocycles. The highest BCUT2D eigenvalue weighted by molar-refractivity contribution is 8.26. The number of carbonyl (C=O) groups excluding carboxylic acids is 1. The van der Waals surface area contributed by atoms with Gasteiger partial charge in [0.1, 0.15) is 4.32 Å². The molecule has 7 heteroatoms. The first-order valence-corrected chi connectivity index (χ1v) is 10.5. The number of hydrogen-bond donors (Lipinski definition) is 1. The van der Waals surface area contributed by atoms with Crippen molar-refractivity contribution in [1.82, 2.24) is 4.90 Å². The Labute approximate surface area is 176 Å². The van der Waals surface area contributed by atoms with Crippen LogP contribution in [-0.4, -0.2) is 15.1 Å². The maximum Gasteiger partial charge on any atom is 0.266 e. The topological polar surface area (TPSA) is 59.5 Å². The molecule has 2 aromatic carbocycles. The second kappa shape index (κ2) is 8.26. The highest BCUT2D eigenvalue weighted by atomic mass is 32.2. The predicted molar refractivity (Wildman–Crippen MR) is 119 cm³/mol. The van der Waals surface area contributed by atoms with Gasteiger partial charge in [-0.25, -0.2) is 0 Å². The number of nitrogens with two attached hydrogens (primary N) is 1. The van der Waals surface area contributed by atoms with Crippen LogP contribution in [-0.2, 0) is 11.3 Å². The summed E-state index contributed by atoms with van der Waals surface area (Å²) in [7, 11) is 0. The molecule has 0 saturated carbocycles. The Bertz CT molecular complexity index is 1050. The van der Waals surface area contributed by atoms with E-state index in [4.69, 9.17) is 22.4 Å². The minimum absolute atomic E-state index is 0.0878. The van der Waals surface area contributed by atoms with Crippen molar-refractivity contribution >= 4 is 57.7 Å². The van der Waals surface area contributed by atoms with Crippen molar-refractivity contribution in [3.05, 3.63) is 83.0 Å². The third kappa shape index (κ3) is 4.16. The normalized spacial score (nSPS) is 15.6. The zero-order valence-electron chi connectivity index (χ0n) is 14.7. The summed E-state index contributed by atoms with van der Waals surface area (Å²) < 4.78 is 5.98. The molecule has 0 bridgehead atoms. The monoisotopic (exact) mass is 424 g/mol. The van der Waals surface area contributed by atoms with E-state index in [9.17, 15) is 4.79 Å². The van der Waals surface area contributed by atoms with Gasteiger partial charge in [-0.1, -0.05) is 66.1 Å². The molecule has 2 N–H and O–H groups in total. The fourth-order valence-corrected chi connectivity index (χ4v) is 4.83. The Morgan fingerprint density at radius 3 is 2.71 bits per heavy atom. The molecule has 1 saturated heterocycles. The quantitative estimate of drug-likeness (QED) is 0.335. The van der Waals surface area contributed by atoms with Crippen LogP contribution in [0, 0.1) is 0 Å². The molecule has 0 radical (unpaired) electrons. The first-order chi connectivity index (χ1) is 13.6. The highest BCUT2D eigenvalue weighted by Crippen LogP contribution is 2.37. The SMILES string of the molecule is Nc1ccc(Sc2ccco2)c(/C=C2\SC(=S)N(Cc3ccccc3)C2=O)c1. The molecule has 1 aromatic heterocycles. The molecule has 4 nitrogen and oxygen atoms in total. The van der Waals surface area contributed by atoms with Crippen LogP contribution < -0.4 is 5.73 Å². The number of nitrogens with zero attached hydrogens (tertiary/aromatic N) is 1. The minimum Gasteiger partial charge on any atom is -0.458 e. The zero-order chi connectivity index (χ0) is 19.5. The van der Waals surface area contributed by atoms with E-state index >= 15 is 0 Å². The van der Waals surface area contributed by atoms with E-state index in [1.165, 1.54) is 23.5 Å². The highest BCUT2D eigenvalue weighted by Gasteiger charge is 2.32. The van der Waals surface area contributed by atoms with E-state index in [-0.39, 0.29) is 5.91 Å². The van der Waals surface area contributed by atoms with Crippen LogP contribution in [0.4, 0.5) is 5.69 Å². The van der Waals surface area contributed by atoms with Gasteiger partial charge in [-0.15, -0.1) is 0 Å². The number of amides is 1. The lowest BCUT2D eigenvalue weighted by molar-refractivity contribution is -0.122. The second-order valence-corrected chi connectivity index (χ2v) is 8.81. The Morgan fingerprint density at radius 1 is 1.14 bits per heavy atom. The molecule has 0 atom stereocenters. The van der Waals surface area contributed by atoms with Gasteiger partial charge in [0.05, 0.1) is 17.7 Å². The molecule has 0 spiro atoms. The molecule has 28 heavy (non-hydrogen) atoms. The van der Waals surface area contributed by atoms with Crippen LogP contribution in [0.25, 0.3) is 6.08 Å². The van der Waals surface area contributed by atoms with E-state index in [0.717, 1.165) is 21.1 Å². The summed E-state index contributed by atoms with van der Waals surface area (Å²) in [5.41, 5.74) is 8.51. The van der Waals surface area contributed by atoms with Crippen LogP contribution in [0.2, 0.25) is 0 Å². The molecule has 3 aromatic rings. The first-order valence-electron chi connectivity index (χ1n) is 8.50. The molecular formula is C21H16N2O2S3. The average molecular weight is 425 g/mol. The van der Waals surface area contributed by atoms with Crippen LogP contribution in [0.3, 0.4) is 0 Å². The van der Waals surface area contributed by atoms with Crippen LogP contribution in [0.1, 0.15) is 11.1 Å². The summed E-state index contributed by atoms with van der Waals surface area (Å²) in [4.78, 5) is 16.1. The van der Waals surface area contributed by atoms with Gasteiger partial charge >= 0.3 is 0 Å². The van der Waals surface area contributed by atoms with E-state index < -0.39 is 0 Å². The van der Waals surface area contributed by atoms with Crippen LogP contribution >= 0.6 is 35.7 Å². The van der Waals surface area contributed by atoms with Gasteiger partial charge in [-0.3, -0.25) is 9.69 Å². The van der Waals surface area contributed by atoms with Crippen molar-refractivity contribution < 1.29 is 9.21 Å². The van der Waals surface area contributed by atoms with Crippen molar-refractivity contribution in [2.24, 2.45) is 0 Å². The number of nitrogen functional groups attached to an aromatic ring is 1. The lowest BCUT2D eigenvalue weighted by Crippen LogP contribution is -2.27. The summed E-state index contributed by atoms with van der Waals surface area (Å²) in [5, 5.41) is 0.774. The van der Waals surface area contributed by atoms with E-state index in [0.29, 0.717) is 21.5 Å². The van der Waals surface area contributed by atoms with Crippen LogP contribution in [0.15, 0.2) is 86.2 Å². The molecule has 4 rings (SSSR count). The Kier molecular flexibility index (Phi) is 5.57. The minimum atomic E-state index is -0.0878. The maximum atomic E-state index is 12.9. The van der Waals surface area contributed by atoms with Crippen molar-refractivity contribution in [1.29, 1.82) is 0 Å². The fraction of sp³-hybridized carbons (Fsp3) is 0.0476. The maximum absolute atomic E-state index is 12.9. The summed E-state index contributed by atoms with van der Waals surface area (Å²) in [6, 6.07) is 19.2. The Hall–Kier alpha value is -2.48. The summed E-state index contributed by atoms with van der Waals surface area (Å²) >= 11 is 8.24. The lowest BCUT2D eigenvalue weighted by atomic mass is 10.1. The number of benzene rings is 2. The standard InChI is InChI=1S/C21H16N2O2S3/c22-16-8-9-17(27-19-7-4-10-25-19)15(11-16)12-18-20(24)23(21(26)28-18)13-14-5-2-1-3-6-14/h1-12H,13,22H2/b18-12-. The molecular weight excluding hydrogens is 408 g/mol. The number of anilines is 1. The van der Waals surface area contributed by atoms with Crippen molar-refractivity contribution in [2.75, 3.05) is 5.73 Å². The number of rotatable bonds is 5. The number of hydrogen-bond acceptors (Lipinski definition) is 6. The van der Waals surface area contributed by atoms with Gasteiger partial charge < -0.3 is 10.2 Å². The number of furan rings is 1. The zero-order valence-corrected chi connectivity index (χ0v) is 17.2. The number of thiocarbonyl (C=S) groups is 1. The molecule has 0 unspecified atom stereocenters. The third-order valence-corrected chi connectivity index (χ3v) is 6.49. The van der Waals surface area contributed by atoms with Gasteiger partial charge in [0.15, 0.2) is 5.09 Å². The second-order valence-electron chi connectivity index (χ2n) is 6.08. The van der Waals surface area contributed by atoms with Gasteiger partial charge in [-0.05, 0) is 47.5 Å². The van der Waals surface area contributed by atoms with Crippen molar-refractivity contribution in [3.8, 4) is 0 Å². The summed E-state index contributed by atoms with van der Waals surface area (Å²) in [6.45, 7) is 0.466. The number of carbonyl (C=O) groups is 1. The molecule has 1 amide bonds. The molecule has 1 aliphatic rings. The largest absolute Gasteiger partial charge is 0.458 e. The predicted octanol–water partition coefficient (Wildman–Crippen LogP) is 5.41. The molecule has 140 valence electrons. The van der Waals surface area contributed by atoms with E-state index in [2.05, 4.69) is 0 Å². The number of thioether (sulfide) groups is 1.